The van der Waals surface area contributed by atoms with E-state index in [1.165, 1.54) is 4.90 Å². The van der Waals surface area contributed by atoms with Gasteiger partial charge in [0.25, 0.3) is 0 Å². The maximum atomic E-state index is 12.4. The molecule has 1 saturated carbocycles. The van der Waals surface area contributed by atoms with Crippen LogP contribution in [0.1, 0.15) is 40.5 Å². The zero-order valence-electron chi connectivity index (χ0n) is 12.0. The predicted octanol–water partition coefficient (Wildman–Crippen LogP) is 1.77. The molecule has 0 bridgehead atoms. The van der Waals surface area contributed by atoms with Crippen molar-refractivity contribution in [3.05, 3.63) is 0 Å². The maximum Gasteiger partial charge on any atom is 0.330 e. The maximum absolute atomic E-state index is 12.4. The lowest BCUT2D eigenvalue weighted by Crippen LogP contribution is -2.60. The summed E-state index contributed by atoms with van der Waals surface area (Å²) in [6.45, 7) is 8.77. The first-order valence-corrected chi connectivity index (χ1v) is 6.97. The molecule has 1 N–H and O–H groups in total. The van der Waals surface area contributed by atoms with Crippen molar-refractivity contribution in [1.82, 2.24) is 10.2 Å². The summed E-state index contributed by atoms with van der Waals surface area (Å²) in [6, 6.07) is -0.557. The van der Waals surface area contributed by atoms with E-state index in [2.05, 4.69) is 33.0 Å². The molecule has 1 heterocycles. The number of nitrogens with zero attached hydrogens (tertiary/aromatic N) is 1. The minimum Gasteiger partial charge on any atom is -0.277 e. The van der Waals surface area contributed by atoms with Crippen LogP contribution in [0, 0.1) is 23.2 Å². The van der Waals surface area contributed by atoms with Gasteiger partial charge in [-0.15, -0.1) is 0 Å². The summed E-state index contributed by atoms with van der Waals surface area (Å²) in [5.74, 6) is 0.303. The number of amides is 4. The second kappa shape index (κ2) is 4.62. The van der Waals surface area contributed by atoms with Gasteiger partial charge in [0.15, 0.2) is 0 Å². The minimum absolute atomic E-state index is 0.249. The van der Waals surface area contributed by atoms with Crippen LogP contribution in [0.15, 0.2) is 0 Å². The number of carbonyl (C=O) groups is 3. The van der Waals surface area contributed by atoms with Crippen LogP contribution < -0.4 is 5.32 Å². The molecule has 0 aromatic carbocycles. The third-order valence-electron chi connectivity index (χ3n) is 4.41. The van der Waals surface area contributed by atoms with E-state index in [1.54, 1.807) is 0 Å². The van der Waals surface area contributed by atoms with Gasteiger partial charge in [-0.1, -0.05) is 27.7 Å². The number of imide groups is 2. The zero-order valence-corrected chi connectivity index (χ0v) is 12.0. The molecule has 0 aromatic rings. The highest BCUT2D eigenvalue weighted by atomic mass is 16.2. The fraction of sp³-hybridized carbons (Fsp3) is 0.786. The molecule has 19 heavy (non-hydrogen) atoms. The molecule has 2 aliphatic rings. The first-order valence-electron chi connectivity index (χ1n) is 6.97. The standard InChI is InChI=1S/C14H22N2O3/c1-8(2)10(9(3)4)7-16-12(18)14(5-6-14)11(17)15-13(16)19/h8-10H,5-7H2,1-4H3,(H,15,17,19). The number of carbonyl (C=O) groups excluding carboxylic acids is 3. The van der Waals surface area contributed by atoms with Gasteiger partial charge in [0.05, 0.1) is 0 Å². The monoisotopic (exact) mass is 266 g/mol. The predicted molar refractivity (Wildman–Crippen MR) is 70.1 cm³/mol. The molecule has 2 fully saturated rings. The van der Waals surface area contributed by atoms with Crippen LogP contribution in [-0.4, -0.2) is 29.3 Å². The molecule has 5 nitrogen and oxygen atoms in total. The van der Waals surface area contributed by atoms with Gasteiger partial charge in [-0.2, -0.15) is 0 Å². The van der Waals surface area contributed by atoms with E-state index in [1.807, 2.05) is 0 Å². The Morgan fingerprint density at radius 2 is 1.63 bits per heavy atom. The lowest BCUT2D eigenvalue weighted by atomic mass is 9.84. The Balaban J connectivity index is 2.17. The van der Waals surface area contributed by atoms with E-state index in [4.69, 9.17) is 0 Å². The van der Waals surface area contributed by atoms with Gasteiger partial charge in [-0.25, -0.2) is 4.79 Å². The van der Waals surface area contributed by atoms with Crippen molar-refractivity contribution in [2.45, 2.75) is 40.5 Å². The lowest BCUT2D eigenvalue weighted by molar-refractivity contribution is -0.145. The van der Waals surface area contributed by atoms with Gasteiger partial charge < -0.3 is 0 Å². The summed E-state index contributed by atoms with van der Waals surface area (Å²) < 4.78 is 0. The number of nitrogens with one attached hydrogen (secondary N) is 1. The van der Waals surface area contributed by atoms with Crippen LogP contribution >= 0.6 is 0 Å². The van der Waals surface area contributed by atoms with Crippen molar-refractivity contribution in [2.75, 3.05) is 6.54 Å². The third-order valence-corrected chi connectivity index (χ3v) is 4.41. The van der Waals surface area contributed by atoms with Crippen LogP contribution in [0.25, 0.3) is 0 Å². The fourth-order valence-corrected chi connectivity index (χ4v) is 2.87. The molecule has 4 amide bonds. The number of hydrogen-bond acceptors (Lipinski definition) is 3. The van der Waals surface area contributed by atoms with Gasteiger partial charge in [0.1, 0.15) is 5.41 Å². The van der Waals surface area contributed by atoms with E-state index in [0.29, 0.717) is 31.2 Å². The lowest BCUT2D eigenvalue weighted by Gasteiger charge is -2.35. The van der Waals surface area contributed by atoms with Crippen LogP contribution in [0.5, 0.6) is 0 Å². The number of barbiturate groups is 1. The van der Waals surface area contributed by atoms with Crippen molar-refractivity contribution in [2.24, 2.45) is 23.2 Å². The van der Waals surface area contributed by atoms with Crippen LogP contribution in [0.4, 0.5) is 4.79 Å². The topological polar surface area (TPSA) is 66.5 Å². The number of urea groups is 1. The van der Waals surface area contributed by atoms with E-state index >= 15 is 0 Å². The SMILES string of the molecule is CC(C)C(CN1C(=O)NC(=O)C2(CC2)C1=O)C(C)C. The minimum atomic E-state index is -0.924. The van der Waals surface area contributed by atoms with Gasteiger partial charge in [0, 0.05) is 6.54 Å². The van der Waals surface area contributed by atoms with Crippen LogP contribution in [0.2, 0.25) is 0 Å². The van der Waals surface area contributed by atoms with Crippen molar-refractivity contribution < 1.29 is 14.4 Å². The molecule has 0 aromatic heterocycles. The quantitative estimate of drug-likeness (QED) is 0.789. The zero-order chi connectivity index (χ0) is 14.4. The Labute approximate surface area is 113 Å². The largest absolute Gasteiger partial charge is 0.330 e. The normalized spacial score (nSPS) is 21.8. The Hall–Kier alpha value is -1.39. The molecule has 0 radical (unpaired) electrons. The Morgan fingerprint density at radius 1 is 1.11 bits per heavy atom. The molecule has 1 aliphatic carbocycles. The molecular weight excluding hydrogens is 244 g/mol. The van der Waals surface area contributed by atoms with Crippen molar-refractivity contribution in [1.29, 1.82) is 0 Å². The highest BCUT2D eigenvalue weighted by Crippen LogP contribution is 2.49. The highest BCUT2D eigenvalue weighted by Gasteiger charge is 2.62. The van der Waals surface area contributed by atoms with Crippen molar-refractivity contribution in [3.8, 4) is 0 Å². The summed E-state index contributed by atoms with van der Waals surface area (Å²) in [7, 11) is 0. The van der Waals surface area contributed by atoms with E-state index in [-0.39, 0.29) is 11.8 Å². The van der Waals surface area contributed by atoms with Crippen LogP contribution in [0.3, 0.4) is 0 Å². The van der Waals surface area contributed by atoms with Gasteiger partial charge in [0.2, 0.25) is 11.8 Å². The average molecular weight is 266 g/mol. The van der Waals surface area contributed by atoms with Crippen LogP contribution in [-0.2, 0) is 9.59 Å². The summed E-state index contributed by atoms with van der Waals surface area (Å²) >= 11 is 0. The smallest absolute Gasteiger partial charge is 0.277 e. The molecule has 2 rings (SSSR count). The first-order chi connectivity index (χ1) is 8.79. The third kappa shape index (κ3) is 2.26. The summed E-state index contributed by atoms with van der Waals surface area (Å²) in [5, 5.41) is 2.32. The Kier molecular flexibility index (Phi) is 3.41. The second-order valence-corrected chi connectivity index (χ2v) is 6.41. The van der Waals surface area contributed by atoms with E-state index in [0.717, 1.165) is 0 Å². The van der Waals surface area contributed by atoms with Gasteiger partial charge in [-0.05, 0) is 30.6 Å². The highest BCUT2D eigenvalue weighted by molar-refractivity contribution is 6.20. The molecule has 5 heteroatoms. The average Bonchev–Trinajstić information content (AvgIpc) is 3.07. The summed E-state index contributed by atoms with van der Waals surface area (Å²) in [6.07, 6.45) is 1.13. The molecule has 0 unspecified atom stereocenters. The Morgan fingerprint density at radius 3 is 2.05 bits per heavy atom. The van der Waals surface area contributed by atoms with Crippen molar-refractivity contribution >= 4 is 17.8 Å². The van der Waals surface area contributed by atoms with Crippen molar-refractivity contribution in [3.63, 3.8) is 0 Å². The molecule has 106 valence electrons. The fourth-order valence-electron chi connectivity index (χ4n) is 2.87. The molecule has 1 aliphatic heterocycles. The number of hydrogen-bond donors (Lipinski definition) is 1. The molecular formula is C14H22N2O3. The second-order valence-electron chi connectivity index (χ2n) is 6.41. The summed E-state index contributed by atoms with van der Waals surface area (Å²) in [5.41, 5.74) is -0.924. The number of rotatable bonds is 4. The molecule has 1 spiro atoms. The van der Waals surface area contributed by atoms with E-state index < -0.39 is 17.4 Å². The van der Waals surface area contributed by atoms with E-state index in [9.17, 15) is 14.4 Å². The van der Waals surface area contributed by atoms with Gasteiger partial charge in [-0.3, -0.25) is 19.8 Å². The van der Waals surface area contributed by atoms with Gasteiger partial charge >= 0.3 is 6.03 Å². The molecule has 1 saturated heterocycles. The first kappa shape index (κ1) is 14.0. The molecule has 0 atom stereocenters. The summed E-state index contributed by atoms with van der Waals surface area (Å²) in [4.78, 5) is 37.2. The Bertz CT molecular complexity index is 416.